The fraction of sp³-hybridized carbons (Fsp3) is 0.824. The van der Waals surface area contributed by atoms with Crippen LogP contribution in [0.15, 0.2) is 12.1 Å². The summed E-state index contributed by atoms with van der Waals surface area (Å²) in [6, 6.07) is 5.54. The van der Waals surface area contributed by atoms with Gasteiger partial charge in [-0.1, -0.05) is 0 Å². The number of hydrogen-bond donors (Lipinski definition) is 0. The van der Waals surface area contributed by atoms with Crippen LogP contribution in [0.2, 0.25) is 21.3 Å². The first-order valence-electron chi connectivity index (χ1n) is 16.2. The summed E-state index contributed by atoms with van der Waals surface area (Å²) in [5.74, 6) is 0. The van der Waals surface area contributed by atoms with E-state index in [1.165, 1.54) is 145 Å². The van der Waals surface area contributed by atoms with E-state index in [9.17, 15) is 0 Å². The van der Waals surface area contributed by atoms with Crippen LogP contribution in [0.25, 0.3) is 0 Å². The Balaban J connectivity index is 2.86. The van der Waals surface area contributed by atoms with Crippen molar-refractivity contribution in [3.8, 4) is 0 Å². The first-order valence-corrected chi connectivity index (χ1v) is 25.9. The molecule has 0 bridgehead atoms. The van der Waals surface area contributed by atoms with Gasteiger partial charge in [-0.15, -0.1) is 0 Å². The van der Waals surface area contributed by atoms with Crippen molar-refractivity contribution in [2.75, 3.05) is 0 Å². The van der Waals surface area contributed by atoms with Crippen molar-refractivity contribution in [3.05, 3.63) is 34.4 Å². The summed E-state index contributed by atoms with van der Waals surface area (Å²) in [6.07, 6.45) is 22.9. The van der Waals surface area contributed by atoms with Crippen molar-refractivity contribution in [2.45, 2.75) is 173 Å². The van der Waals surface area contributed by atoms with Gasteiger partial charge in [-0.2, -0.15) is 0 Å². The summed E-state index contributed by atoms with van der Waals surface area (Å²) in [4.78, 5) is 0. The Bertz CT molecular complexity index is 539. The van der Waals surface area contributed by atoms with Gasteiger partial charge in [-0.05, 0) is 0 Å². The monoisotopic (exact) mass is 790 g/mol. The first-order chi connectivity index (χ1) is 18.8. The predicted molar refractivity (Wildman–Crippen MR) is 180 cm³/mol. The van der Waals surface area contributed by atoms with E-state index in [0.29, 0.717) is 0 Å². The third kappa shape index (κ3) is 20.2. The van der Waals surface area contributed by atoms with E-state index in [4.69, 9.17) is 0 Å². The molecular formula is C34H62Se4. The van der Waals surface area contributed by atoms with E-state index in [1.54, 1.807) is 22.3 Å². The van der Waals surface area contributed by atoms with Gasteiger partial charge in [0.2, 0.25) is 0 Å². The first kappa shape index (κ1) is 37.3. The fourth-order valence-electron chi connectivity index (χ4n) is 4.58. The van der Waals surface area contributed by atoms with E-state index in [1.807, 2.05) is 0 Å². The topological polar surface area (TPSA) is 0 Å². The molecule has 0 aromatic heterocycles. The van der Waals surface area contributed by atoms with Gasteiger partial charge >= 0.3 is 267 Å². The van der Waals surface area contributed by atoms with Crippen molar-refractivity contribution >= 4 is 59.8 Å². The molecule has 0 fully saturated rings. The molecular weight excluding hydrogens is 724 g/mol. The summed E-state index contributed by atoms with van der Waals surface area (Å²) in [7, 11) is 0. The molecule has 0 aliphatic rings. The van der Waals surface area contributed by atoms with E-state index < -0.39 is 0 Å². The molecule has 4 heteroatoms. The van der Waals surface area contributed by atoms with Gasteiger partial charge in [0.15, 0.2) is 0 Å². The quantitative estimate of drug-likeness (QED) is 0.0586. The zero-order chi connectivity index (χ0) is 27.5. The number of hydrogen-bond acceptors (Lipinski definition) is 0. The summed E-state index contributed by atoms with van der Waals surface area (Å²) >= 11 is 3.18. The van der Waals surface area contributed by atoms with Crippen LogP contribution in [0.5, 0.6) is 0 Å². The van der Waals surface area contributed by atoms with Gasteiger partial charge in [0.1, 0.15) is 0 Å². The van der Waals surface area contributed by atoms with Gasteiger partial charge < -0.3 is 0 Å². The van der Waals surface area contributed by atoms with Crippen molar-refractivity contribution in [2.24, 2.45) is 0 Å². The van der Waals surface area contributed by atoms with Crippen molar-refractivity contribution in [1.29, 1.82) is 0 Å². The van der Waals surface area contributed by atoms with E-state index in [-0.39, 0.29) is 0 Å². The van der Waals surface area contributed by atoms with Crippen LogP contribution in [0.1, 0.15) is 153 Å². The second kappa shape index (κ2) is 28.4. The summed E-state index contributed by atoms with van der Waals surface area (Å²) < 4.78 is 0. The Morgan fingerprint density at radius 2 is 0.579 bits per heavy atom. The van der Waals surface area contributed by atoms with Crippen molar-refractivity contribution < 1.29 is 0 Å². The maximum atomic E-state index is 2.77. The molecule has 0 radical (unpaired) electrons. The molecule has 1 aromatic rings. The molecule has 0 N–H and O–H groups in total. The zero-order valence-corrected chi connectivity index (χ0v) is 32.6. The Morgan fingerprint density at radius 1 is 0.342 bits per heavy atom. The maximum absolute atomic E-state index is 2.77. The fourth-order valence-corrected chi connectivity index (χ4v) is 13.3. The summed E-state index contributed by atoms with van der Waals surface area (Å²) in [5.41, 5.74) is 7.14. The van der Waals surface area contributed by atoms with Crippen molar-refractivity contribution in [3.63, 3.8) is 0 Å². The van der Waals surface area contributed by atoms with Crippen LogP contribution in [-0.4, -0.2) is 59.8 Å². The molecule has 0 heterocycles. The molecule has 222 valence electrons. The molecule has 0 nitrogen and oxygen atoms in total. The summed E-state index contributed by atoms with van der Waals surface area (Å²) in [6.45, 7) is 9.34. The summed E-state index contributed by atoms with van der Waals surface area (Å²) in [5, 5.41) is 11.6. The Morgan fingerprint density at radius 3 is 0.789 bits per heavy atom. The van der Waals surface area contributed by atoms with E-state index in [2.05, 4.69) is 39.8 Å². The molecule has 0 saturated carbocycles. The van der Waals surface area contributed by atoms with Gasteiger partial charge in [0, 0.05) is 0 Å². The third-order valence-electron chi connectivity index (χ3n) is 7.12. The molecule has 0 amide bonds. The second-order valence-corrected chi connectivity index (χ2v) is 20.1. The molecule has 1 rings (SSSR count). The molecule has 0 aliphatic carbocycles. The van der Waals surface area contributed by atoms with E-state index in [0.717, 1.165) is 59.8 Å². The van der Waals surface area contributed by atoms with E-state index >= 15 is 0 Å². The van der Waals surface area contributed by atoms with Crippen LogP contribution in [0.3, 0.4) is 0 Å². The van der Waals surface area contributed by atoms with Crippen LogP contribution < -0.4 is 0 Å². The van der Waals surface area contributed by atoms with Gasteiger partial charge in [-0.25, -0.2) is 0 Å². The van der Waals surface area contributed by atoms with Crippen LogP contribution in [0.4, 0.5) is 0 Å². The Labute approximate surface area is 265 Å². The Kier molecular flexibility index (Phi) is 27.9. The molecule has 38 heavy (non-hydrogen) atoms. The van der Waals surface area contributed by atoms with Gasteiger partial charge in [0.05, 0.1) is 0 Å². The molecule has 0 saturated heterocycles. The Hall–Kier alpha value is 1.30. The van der Waals surface area contributed by atoms with Gasteiger partial charge in [0.25, 0.3) is 0 Å². The minimum atomic E-state index is 0.796. The predicted octanol–water partition coefficient (Wildman–Crippen LogP) is 10.5. The minimum absolute atomic E-state index is 0.796. The number of unbranched alkanes of at least 4 members (excludes halogenated alkanes) is 12. The molecule has 0 spiro atoms. The zero-order valence-electron chi connectivity index (χ0n) is 25.8. The molecule has 0 aliphatic heterocycles. The van der Waals surface area contributed by atoms with Gasteiger partial charge in [-0.3, -0.25) is 0 Å². The number of rotatable bonds is 28. The average molecular weight is 787 g/mol. The normalized spacial score (nSPS) is 11.5. The second-order valence-electron chi connectivity index (χ2n) is 10.8. The standard InChI is InChI=1S/C34H62Se4/c1-5-9-13-17-21-35-27-31-25-33(29-37-23-19-15-11-7-3)34(30-38-24-20-16-12-8-4)26-32(31)28-36-22-18-14-10-6-2/h25-26H,5-24,27-30H2,1-4H3. The van der Waals surface area contributed by atoms with Crippen molar-refractivity contribution in [1.82, 2.24) is 0 Å². The van der Waals surface area contributed by atoms with Crippen LogP contribution in [0, 0.1) is 0 Å². The average Bonchev–Trinajstić information content (AvgIpc) is 2.93. The molecule has 0 unspecified atom stereocenters. The van der Waals surface area contributed by atoms with Crippen LogP contribution in [-0.2, 0) is 21.3 Å². The molecule has 1 aromatic carbocycles. The third-order valence-corrected chi connectivity index (χ3v) is 16.3. The number of benzene rings is 1. The molecule has 0 atom stereocenters. The SMILES string of the molecule is CCCCCC[Se]Cc1cc(C[Se]CCCCCC)c(C[Se]CCCCCC)cc1C[Se]CCCCCC. The van der Waals surface area contributed by atoms with Crippen LogP contribution >= 0.6 is 0 Å².